The van der Waals surface area contributed by atoms with E-state index in [1.165, 1.54) is 26.4 Å². The molecule has 1 atom stereocenters. The lowest BCUT2D eigenvalue weighted by molar-refractivity contribution is -0.141. The molecule has 1 unspecified atom stereocenters. The molecule has 0 saturated carbocycles. The molecule has 2 aromatic carbocycles. The summed E-state index contributed by atoms with van der Waals surface area (Å²) in [6, 6.07) is 16.4. The highest BCUT2D eigenvalue weighted by Gasteiger charge is 2.35. The van der Waals surface area contributed by atoms with Gasteiger partial charge in [0.15, 0.2) is 0 Å². The van der Waals surface area contributed by atoms with Gasteiger partial charge in [0.2, 0.25) is 10.0 Å². The molecular formula is C29H34N2O6S. The lowest BCUT2D eigenvalue weighted by atomic mass is 9.86. The van der Waals surface area contributed by atoms with Crippen molar-refractivity contribution < 1.29 is 27.5 Å². The number of sulfonamides is 1. The van der Waals surface area contributed by atoms with Gasteiger partial charge < -0.3 is 9.47 Å². The standard InChI is InChI=1S/C29H34N2O6S/c1-19-8-14-23(15-9-19)38(34,35)31(18-26(32)36-6)20(2)27-24(28(33)37-7)16-17-25(30-27)21-10-12-22(13-11-21)29(3,4)5/h8-17,20H,18H2,1-7H3. The molecule has 0 aliphatic carbocycles. The number of pyridine rings is 1. The predicted molar refractivity (Wildman–Crippen MR) is 145 cm³/mol. The number of ether oxygens (including phenoxy) is 2. The number of carbonyl (C=O) groups excluding carboxylic acids is 2. The quantitative estimate of drug-likeness (QED) is 0.369. The zero-order valence-corrected chi connectivity index (χ0v) is 23.6. The maximum Gasteiger partial charge on any atom is 0.339 e. The van der Waals surface area contributed by atoms with Gasteiger partial charge in [0.05, 0.1) is 42.1 Å². The van der Waals surface area contributed by atoms with E-state index in [1.54, 1.807) is 31.2 Å². The number of aromatic nitrogens is 1. The van der Waals surface area contributed by atoms with Gasteiger partial charge in [0, 0.05) is 5.56 Å². The van der Waals surface area contributed by atoms with Crippen LogP contribution in [0.1, 0.15) is 60.9 Å². The summed E-state index contributed by atoms with van der Waals surface area (Å²) in [7, 11) is -1.75. The SMILES string of the molecule is COC(=O)CN(C(C)c1nc(-c2ccc(C(C)(C)C)cc2)ccc1C(=O)OC)S(=O)(=O)c1ccc(C)cc1. The van der Waals surface area contributed by atoms with Gasteiger partial charge in [-0.25, -0.2) is 13.2 Å². The highest BCUT2D eigenvalue weighted by molar-refractivity contribution is 7.89. The number of nitrogens with zero attached hydrogens (tertiary/aromatic N) is 2. The predicted octanol–water partition coefficient (Wildman–Crippen LogP) is 5.07. The fraction of sp³-hybridized carbons (Fsp3) is 0.345. The number of hydrogen-bond donors (Lipinski definition) is 0. The average Bonchev–Trinajstić information content (AvgIpc) is 2.90. The molecule has 8 nitrogen and oxygen atoms in total. The summed E-state index contributed by atoms with van der Waals surface area (Å²) in [5.74, 6) is -1.42. The summed E-state index contributed by atoms with van der Waals surface area (Å²) in [6.07, 6.45) is 0. The third-order valence-electron chi connectivity index (χ3n) is 6.34. The summed E-state index contributed by atoms with van der Waals surface area (Å²) < 4.78 is 38.2. The second-order valence-corrected chi connectivity index (χ2v) is 12.0. The number of rotatable bonds is 8. The molecular weight excluding hydrogens is 504 g/mol. The van der Waals surface area contributed by atoms with Crippen molar-refractivity contribution in [1.29, 1.82) is 0 Å². The second-order valence-electron chi connectivity index (χ2n) is 10.1. The van der Waals surface area contributed by atoms with Crippen LogP contribution in [-0.4, -0.2) is 50.4 Å². The van der Waals surface area contributed by atoms with Gasteiger partial charge in [0.25, 0.3) is 0 Å². The van der Waals surface area contributed by atoms with Crippen molar-refractivity contribution in [3.63, 3.8) is 0 Å². The van der Waals surface area contributed by atoms with Crippen LogP contribution in [0.25, 0.3) is 11.3 Å². The Bertz CT molecular complexity index is 1410. The fourth-order valence-corrected chi connectivity index (χ4v) is 5.52. The van der Waals surface area contributed by atoms with Crippen molar-refractivity contribution in [3.05, 3.63) is 83.0 Å². The number of carbonyl (C=O) groups is 2. The average molecular weight is 539 g/mol. The van der Waals surface area contributed by atoms with Gasteiger partial charge in [-0.1, -0.05) is 62.7 Å². The zero-order valence-electron chi connectivity index (χ0n) is 22.8. The summed E-state index contributed by atoms with van der Waals surface area (Å²) in [4.78, 5) is 29.7. The molecule has 0 spiro atoms. The highest BCUT2D eigenvalue weighted by Crippen LogP contribution is 2.32. The topological polar surface area (TPSA) is 103 Å². The van der Waals surface area contributed by atoms with E-state index in [9.17, 15) is 18.0 Å². The van der Waals surface area contributed by atoms with Crippen molar-refractivity contribution in [1.82, 2.24) is 9.29 Å². The lowest BCUT2D eigenvalue weighted by Gasteiger charge is -2.28. The Hall–Kier alpha value is -3.56. The first kappa shape index (κ1) is 29.0. The van der Waals surface area contributed by atoms with E-state index in [1.807, 2.05) is 31.2 Å². The Morgan fingerprint density at radius 3 is 2.05 bits per heavy atom. The van der Waals surface area contributed by atoms with Crippen LogP contribution >= 0.6 is 0 Å². The molecule has 1 heterocycles. The molecule has 0 bridgehead atoms. The van der Waals surface area contributed by atoms with Gasteiger partial charge in [-0.2, -0.15) is 4.31 Å². The molecule has 0 saturated heterocycles. The summed E-state index contributed by atoms with van der Waals surface area (Å²) in [6.45, 7) is 9.22. The summed E-state index contributed by atoms with van der Waals surface area (Å²) >= 11 is 0. The van der Waals surface area contributed by atoms with E-state index >= 15 is 0 Å². The van der Waals surface area contributed by atoms with Gasteiger partial charge >= 0.3 is 11.9 Å². The first-order valence-corrected chi connectivity index (χ1v) is 13.6. The zero-order chi connectivity index (χ0) is 28.3. The second kappa shape index (κ2) is 11.4. The van der Waals surface area contributed by atoms with Crippen LogP contribution in [-0.2, 0) is 29.7 Å². The van der Waals surface area contributed by atoms with E-state index in [0.29, 0.717) is 5.69 Å². The largest absolute Gasteiger partial charge is 0.468 e. The first-order valence-electron chi connectivity index (χ1n) is 12.1. The van der Waals surface area contributed by atoms with Crippen LogP contribution in [0.5, 0.6) is 0 Å². The molecule has 0 fully saturated rings. The Labute approximate surface area is 224 Å². The maximum absolute atomic E-state index is 13.7. The summed E-state index contributed by atoms with van der Waals surface area (Å²) in [5.41, 5.74) is 3.61. The minimum absolute atomic E-state index is 0.00685. The van der Waals surface area contributed by atoms with E-state index in [4.69, 9.17) is 14.5 Å². The molecule has 0 aliphatic rings. The Morgan fingerprint density at radius 2 is 1.53 bits per heavy atom. The lowest BCUT2D eigenvalue weighted by Crippen LogP contribution is -2.39. The van der Waals surface area contributed by atoms with Crippen molar-refractivity contribution >= 4 is 22.0 Å². The van der Waals surface area contributed by atoms with Crippen LogP contribution in [0.2, 0.25) is 0 Å². The van der Waals surface area contributed by atoms with Crippen LogP contribution in [0.4, 0.5) is 0 Å². The normalized spacial score (nSPS) is 12.7. The van der Waals surface area contributed by atoms with Crippen molar-refractivity contribution in [2.24, 2.45) is 0 Å². The van der Waals surface area contributed by atoms with E-state index in [0.717, 1.165) is 21.0 Å². The van der Waals surface area contributed by atoms with E-state index < -0.39 is 34.5 Å². The Kier molecular flexibility index (Phi) is 8.74. The van der Waals surface area contributed by atoms with Crippen molar-refractivity contribution in [2.75, 3.05) is 20.8 Å². The minimum Gasteiger partial charge on any atom is -0.468 e. The molecule has 38 heavy (non-hydrogen) atoms. The minimum atomic E-state index is -4.18. The van der Waals surface area contributed by atoms with Gasteiger partial charge in [-0.3, -0.25) is 9.78 Å². The highest BCUT2D eigenvalue weighted by atomic mass is 32.2. The third kappa shape index (κ3) is 6.28. The molecule has 0 aliphatic heterocycles. The first-order chi connectivity index (χ1) is 17.8. The van der Waals surface area contributed by atoms with Crippen LogP contribution in [0, 0.1) is 6.92 Å². The number of esters is 2. The van der Waals surface area contributed by atoms with E-state index in [-0.39, 0.29) is 21.6 Å². The van der Waals surface area contributed by atoms with Crippen molar-refractivity contribution in [2.45, 2.75) is 51.0 Å². The molecule has 3 rings (SSSR count). The summed E-state index contributed by atoms with van der Waals surface area (Å²) in [5, 5.41) is 0. The molecule has 9 heteroatoms. The smallest absolute Gasteiger partial charge is 0.339 e. The third-order valence-corrected chi connectivity index (χ3v) is 8.28. The number of aryl methyl sites for hydroxylation is 1. The molecule has 1 aromatic heterocycles. The maximum atomic E-state index is 13.7. The number of benzene rings is 2. The van der Waals surface area contributed by atoms with Gasteiger partial charge in [-0.15, -0.1) is 0 Å². The number of methoxy groups -OCH3 is 2. The Balaban J connectivity index is 2.16. The molecule has 0 radical (unpaired) electrons. The molecule has 0 N–H and O–H groups in total. The van der Waals surface area contributed by atoms with Gasteiger partial charge in [0.1, 0.15) is 6.54 Å². The van der Waals surface area contributed by atoms with E-state index in [2.05, 4.69) is 20.8 Å². The Morgan fingerprint density at radius 1 is 0.921 bits per heavy atom. The number of hydrogen-bond acceptors (Lipinski definition) is 7. The monoisotopic (exact) mass is 538 g/mol. The van der Waals surface area contributed by atoms with Gasteiger partial charge in [-0.05, 0) is 49.1 Å². The molecule has 3 aromatic rings. The van der Waals surface area contributed by atoms with Crippen LogP contribution < -0.4 is 0 Å². The van der Waals surface area contributed by atoms with Crippen LogP contribution in [0.3, 0.4) is 0 Å². The van der Waals surface area contributed by atoms with Crippen LogP contribution in [0.15, 0.2) is 65.6 Å². The molecule has 202 valence electrons. The fourth-order valence-electron chi connectivity index (χ4n) is 3.98. The molecule has 0 amide bonds. The van der Waals surface area contributed by atoms with Crippen molar-refractivity contribution in [3.8, 4) is 11.3 Å².